The first-order valence-electron chi connectivity index (χ1n) is 8.76. The Hall–Kier alpha value is -1.96. The summed E-state index contributed by atoms with van der Waals surface area (Å²) in [6.45, 7) is 0.478. The van der Waals surface area contributed by atoms with Gasteiger partial charge in [0.1, 0.15) is 10.8 Å². The highest BCUT2D eigenvalue weighted by molar-refractivity contribution is 7.15. The van der Waals surface area contributed by atoms with Crippen molar-refractivity contribution >= 4 is 17.2 Å². The maximum Gasteiger partial charge on any atom is 0.223 e. The second-order valence-corrected chi connectivity index (χ2v) is 7.61. The fraction of sp³-hybridized carbons (Fsp3) is 0.474. The van der Waals surface area contributed by atoms with Gasteiger partial charge >= 0.3 is 0 Å². The van der Waals surface area contributed by atoms with E-state index in [4.69, 9.17) is 15.2 Å². The zero-order valence-corrected chi connectivity index (χ0v) is 15.9. The largest absolute Gasteiger partial charge is 0.496 e. The second-order valence-electron chi connectivity index (χ2n) is 6.50. The Labute approximate surface area is 157 Å². The van der Waals surface area contributed by atoms with E-state index in [1.807, 2.05) is 30.5 Å². The van der Waals surface area contributed by atoms with Crippen molar-refractivity contribution in [1.82, 2.24) is 10.3 Å². The maximum atomic E-state index is 12.5. The molecule has 0 radical (unpaired) electrons. The summed E-state index contributed by atoms with van der Waals surface area (Å²) in [5.74, 6) is 0.814. The SMILES string of the molecule is COc1ccccc1-c1ncc(CNC(=O)[C@H]2CC[C@H](N)[C@@H](OC)C2)s1. The summed E-state index contributed by atoms with van der Waals surface area (Å²) < 4.78 is 10.8. The van der Waals surface area contributed by atoms with Crippen LogP contribution in [0.2, 0.25) is 0 Å². The third kappa shape index (κ3) is 4.23. The summed E-state index contributed by atoms with van der Waals surface area (Å²) >= 11 is 1.56. The highest BCUT2D eigenvalue weighted by Crippen LogP contribution is 2.32. The maximum absolute atomic E-state index is 12.5. The van der Waals surface area contributed by atoms with Gasteiger partial charge in [-0.05, 0) is 31.4 Å². The number of nitrogens with one attached hydrogen (secondary N) is 1. The smallest absolute Gasteiger partial charge is 0.223 e. The molecule has 7 heteroatoms. The topological polar surface area (TPSA) is 86.5 Å². The van der Waals surface area contributed by atoms with E-state index in [0.717, 1.165) is 34.0 Å². The lowest BCUT2D eigenvalue weighted by Gasteiger charge is -2.32. The van der Waals surface area contributed by atoms with E-state index < -0.39 is 0 Å². The summed E-state index contributed by atoms with van der Waals surface area (Å²) in [7, 11) is 3.30. The van der Waals surface area contributed by atoms with Crippen molar-refractivity contribution in [2.75, 3.05) is 14.2 Å². The molecule has 6 nitrogen and oxygen atoms in total. The number of ether oxygens (including phenoxy) is 2. The van der Waals surface area contributed by atoms with Gasteiger partial charge in [-0.15, -0.1) is 11.3 Å². The van der Waals surface area contributed by atoms with Gasteiger partial charge in [-0.1, -0.05) is 12.1 Å². The number of para-hydroxylation sites is 1. The molecule has 1 saturated carbocycles. The van der Waals surface area contributed by atoms with Crippen LogP contribution >= 0.6 is 11.3 Å². The Kier molecular flexibility index (Phi) is 6.24. The molecule has 0 bridgehead atoms. The van der Waals surface area contributed by atoms with Crippen LogP contribution in [0, 0.1) is 5.92 Å². The van der Waals surface area contributed by atoms with Gasteiger partial charge in [0.2, 0.25) is 5.91 Å². The number of rotatable bonds is 6. The molecule has 0 unspecified atom stereocenters. The van der Waals surface area contributed by atoms with Gasteiger partial charge in [-0.25, -0.2) is 4.98 Å². The average Bonchev–Trinajstić information content (AvgIpc) is 3.15. The molecule has 1 amide bonds. The van der Waals surface area contributed by atoms with Crippen molar-refractivity contribution in [3.63, 3.8) is 0 Å². The predicted molar refractivity (Wildman–Crippen MR) is 102 cm³/mol. The van der Waals surface area contributed by atoms with Crippen molar-refractivity contribution in [1.29, 1.82) is 0 Å². The number of benzene rings is 1. The van der Waals surface area contributed by atoms with Crippen molar-refractivity contribution in [3.05, 3.63) is 35.3 Å². The van der Waals surface area contributed by atoms with Gasteiger partial charge in [0.15, 0.2) is 0 Å². The van der Waals surface area contributed by atoms with Gasteiger partial charge in [0.25, 0.3) is 0 Å². The number of hydrogen-bond acceptors (Lipinski definition) is 6. The standard InChI is InChI=1S/C19H25N3O3S/c1-24-16-6-4-3-5-14(16)19-22-11-13(26-19)10-21-18(23)12-7-8-15(20)17(9-12)25-2/h3-6,11-12,15,17H,7-10,20H2,1-2H3,(H,21,23)/t12-,15-,17-/m0/s1. The molecule has 1 aromatic carbocycles. The molecule has 3 atom stereocenters. The Morgan fingerprint density at radius 3 is 2.92 bits per heavy atom. The van der Waals surface area contributed by atoms with E-state index >= 15 is 0 Å². The first-order valence-corrected chi connectivity index (χ1v) is 9.58. The summed E-state index contributed by atoms with van der Waals surface area (Å²) in [6, 6.07) is 7.81. The van der Waals surface area contributed by atoms with Crippen LogP contribution in [0.4, 0.5) is 0 Å². The first kappa shape index (κ1) is 18.8. The molecular weight excluding hydrogens is 350 g/mol. The number of nitrogens with zero attached hydrogens (tertiary/aromatic N) is 1. The van der Waals surface area contributed by atoms with Crippen molar-refractivity contribution < 1.29 is 14.3 Å². The Balaban J connectivity index is 1.59. The number of thiazole rings is 1. The summed E-state index contributed by atoms with van der Waals surface area (Å²) in [5, 5.41) is 3.91. The third-order valence-corrected chi connectivity index (χ3v) is 5.87. The van der Waals surface area contributed by atoms with Crippen LogP contribution in [-0.4, -0.2) is 37.3 Å². The molecule has 0 saturated heterocycles. The molecule has 1 aliphatic rings. The van der Waals surface area contributed by atoms with E-state index in [9.17, 15) is 4.79 Å². The van der Waals surface area contributed by atoms with Crippen LogP contribution in [0.3, 0.4) is 0 Å². The molecular formula is C19H25N3O3S. The fourth-order valence-electron chi connectivity index (χ4n) is 3.32. The van der Waals surface area contributed by atoms with E-state index in [1.165, 1.54) is 0 Å². The number of hydrogen-bond donors (Lipinski definition) is 2. The number of nitrogens with two attached hydrogens (primary N) is 1. The number of carbonyl (C=O) groups excluding carboxylic acids is 1. The Morgan fingerprint density at radius 2 is 2.15 bits per heavy atom. The van der Waals surface area contributed by atoms with E-state index in [1.54, 1.807) is 25.6 Å². The molecule has 1 aromatic heterocycles. The molecule has 0 aliphatic heterocycles. The number of aromatic nitrogens is 1. The lowest BCUT2D eigenvalue weighted by atomic mass is 9.83. The Morgan fingerprint density at radius 1 is 1.35 bits per heavy atom. The van der Waals surface area contributed by atoms with E-state index in [0.29, 0.717) is 13.0 Å². The molecule has 0 spiro atoms. The monoisotopic (exact) mass is 375 g/mol. The summed E-state index contributed by atoms with van der Waals surface area (Å²) in [5.41, 5.74) is 6.99. The minimum Gasteiger partial charge on any atom is -0.496 e. The highest BCUT2D eigenvalue weighted by atomic mass is 32.1. The lowest BCUT2D eigenvalue weighted by Crippen LogP contribution is -2.45. The van der Waals surface area contributed by atoms with Gasteiger partial charge in [-0.3, -0.25) is 4.79 Å². The molecule has 26 heavy (non-hydrogen) atoms. The molecule has 140 valence electrons. The van der Waals surface area contributed by atoms with Crippen LogP contribution in [0.5, 0.6) is 5.75 Å². The minimum atomic E-state index is -0.0416. The fourth-order valence-corrected chi connectivity index (χ4v) is 4.20. The van der Waals surface area contributed by atoms with Crippen molar-refractivity contribution in [2.45, 2.75) is 38.0 Å². The molecule has 1 aliphatic carbocycles. The van der Waals surface area contributed by atoms with E-state index in [2.05, 4.69) is 10.3 Å². The molecule has 3 N–H and O–H groups in total. The van der Waals surface area contributed by atoms with E-state index in [-0.39, 0.29) is 24.0 Å². The van der Waals surface area contributed by atoms with Gasteiger partial charge in [0.05, 0.1) is 25.3 Å². The van der Waals surface area contributed by atoms with Gasteiger partial charge in [0, 0.05) is 30.1 Å². The van der Waals surface area contributed by atoms with Crippen LogP contribution in [-0.2, 0) is 16.1 Å². The van der Waals surface area contributed by atoms with Crippen molar-refractivity contribution in [2.24, 2.45) is 11.7 Å². The van der Waals surface area contributed by atoms with Crippen LogP contribution in [0.25, 0.3) is 10.6 Å². The Bertz CT molecular complexity index is 749. The molecule has 3 rings (SSSR count). The van der Waals surface area contributed by atoms with Crippen LogP contribution < -0.4 is 15.8 Å². The molecule has 1 heterocycles. The molecule has 2 aromatic rings. The minimum absolute atomic E-state index is 0.0222. The van der Waals surface area contributed by atoms with Gasteiger partial charge < -0.3 is 20.5 Å². The van der Waals surface area contributed by atoms with Crippen LogP contribution in [0.15, 0.2) is 30.5 Å². The average molecular weight is 375 g/mol. The van der Waals surface area contributed by atoms with Crippen LogP contribution in [0.1, 0.15) is 24.1 Å². The number of methoxy groups -OCH3 is 2. The second kappa shape index (κ2) is 8.62. The number of carbonyl (C=O) groups is 1. The predicted octanol–water partition coefficient (Wildman–Crippen LogP) is 2.58. The zero-order valence-electron chi connectivity index (χ0n) is 15.1. The first-order chi connectivity index (χ1) is 12.6. The quantitative estimate of drug-likeness (QED) is 0.810. The third-order valence-electron chi connectivity index (χ3n) is 4.84. The van der Waals surface area contributed by atoms with Gasteiger partial charge in [-0.2, -0.15) is 0 Å². The zero-order chi connectivity index (χ0) is 18.5. The molecule has 1 fully saturated rings. The highest BCUT2D eigenvalue weighted by Gasteiger charge is 2.32. The lowest BCUT2D eigenvalue weighted by molar-refractivity contribution is -0.128. The normalized spacial score (nSPS) is 22.8. The van der Waals surface area contributed by atoms with Crippen molar-refractivity contribution in [3.8, 4) is 16.3 Å². The summed E-state index contributed by atoms with van der Waals surface area (Å²) in [4.78, 5) is 18.0. The summed E-state index contributed by atoms with van der Waals surface area (Å²) in [6.07, 6.45) is 4.07. The number of amides is 1.